The number of ether oxygens (including phenoxy) is 1. The molecule has 1 heterocycles. The molecule has 3 N–H and O–H groups in total. The molecule has 1 fully saturated rings. The molecule has 0 bridgehead atoms. The molecule has 0 aromatic heterocycles. The van der Waals surface area contributed by atoms with Crippen LogP contribution in [-0.2, 0) is 4.79 Å². The first-order chi connectivity index (χ1) is 9.51. The number of carbonyl (C=O) groups excluding carboxylic acids is 1. The van der Waals surface area contributed by atoms with Crippen molar-refractivity contribution < 1.29 is 9.53 Å². The molecule has 1 amide bonds. The van der Waals surface area contributed by atoms with Gasteiger partial charge in [-0.15, -0.1) is 12.4 Å². The number of anilines is 1. The summed E-state index contributed by atoms with van der Waals surface area (Å²) in [5, 5.41) is 3.62. The van der Waals surface area contributed by atoms with E-state index in [9.17, 15) is 4.79 Å². The first kappa shape index (κ1) is 17.9. The van der Waals surface area contributed by atoms with Gasteiger partial charge in [0.1, 0.15) is 5.75 Å². The zero-order valence-electron chi connectivity index (χ0n) is 12.1. The fraction of sp³-hybridized carbons (Fsp3) is 0.500. The Kier molecular flexibility index (Phi) is 6.58. The molecule has 1 aromatic rings. The summed E-state index contributed by atoms with van der Waals surface area (Å²) in [7, 11) is 1.64. The molecule has 1 aromatic carbocycles. The fourth-order valence-corrected chi connectivity index (χ4v) is 2.51. The predicted molar refractivity (Wildman–Crippen MR) is 87.7 cm³/mol. The molecule has 118 valence electrons. The van der Waals surface area contributed by atoms with Crippen LogP contribution >= 0.6 is 24.0 Å². The van der Waals surface area contributed by atoms with Crippen molar-refractivity contribution in [3.63, 3.8) is 0 Å². The minimum Gasteiger partial charge on any atom is -0.495 e. The highest BCUT2D eigenvalue weighted by Gasteiger charge is 2.26. The molecule has 5 nitrogen and oxygen atoms in total. The van der Waals surface area contributed by atoms with Crippen molar-refractivity contribution in [2.45, 2.75) is 25.4 Å². The minimum absolute atomic E-state index is 0. The first-order valence-corrected chi connectivity index (χ1v) is 7.03. The van der Waals surface area contributed by atoms with Crippen molar-refractivity contribution in [3.05, 3.63) is 23.2 Å². The highest BCUT2D eigenvalue weighted by atomic mass is 35.5. The fourth-order valence-electron chi connectivity index (χ4n) is 2.34. The zero-order valence-corrected chi connectivity index (χ0v) is 13.7. The molecular formula is C14H21Cl2N3O2. The molecule has 1 saturated heterocycles. The molecule has 0 saturated carbocycles. The molecule has 1 aliphatic heterocycles. The normalized spacial score (nSPS) is 18.9. The predicted octanol–water partition coefficient (Wildman–Crippen LogP) is 1.81. The number of nitrogens with zero attached hydrogens (tertiary/aromatic N) is 1. The maximum absolute atomic E-state index is 11.6. The van der Waals surface area contributed by atoms with Gasteiger partial charge in [0.2, 0.25) is 5.91 Å². The lowest BCUT2D eigenvalue weighted by atomic mass is 10.2. The number of hydrogen-bond acceptors (Lipinski definition) is 4. The van der Waals surface area contributed by atoms with Gasteiger partial charge in [-0.3, -0.25) is 4.79 Å². The number of nitrogens with one attached hydrogen (secondary N) is 1. The number of nitrogens with two attached hydrogens (primary N) is 1. The summed E-state index contributed by atoms with van der Waals surface area (Å²) >= 11 is 6.05. The molecule has 7 heteroatoms. The van der Waals surface area contributed by atoms with Crippen LogP contribution in [0.2, 0.25) is 5.02 Å². The lowest BCUT2D eigenvalue weighted by Crippen LogP contribution is -2.44. The van der Waals surface area contributed by atoms with Gasteiger partial charge in [-0.05, 0) is 31.5 Å². The summed E-state index contributed by atoms with van der Waals surface area (Å²) in [5.74, 6) is 0.670. The largest absolute Gasteiger partial charge is 0.495 e. The molecule has 0 spiro atoms. The number of benzene rings is 1. The average Bonchev–Trinajstić information content (AvgIpc) is 2.87. The quantitative estimate of drug-likeness (QED) is 0.881. The van der Waals surface area contributed by atoms with Gasteiger partial charge >= 0.3 is 0 Å². The van der Waals surface area contributed by atoms with Crippen LogP contribution in [0.3, 0.4) is 0 Å². The van der Waals surface area contributed by atoms with E-state index in [1.165, 1.54) is 0 Å². The van der Waals surface area contributed by atoms with Gasteiger partial charge in [0.05, 0.1) is 18.8 Å². The average molecular weight is 334 g/mol. The van der Waals surface area contributed by atoms with Crippen LogP contribution in [0, 0.1) is 0 Å². The van der Waals surface area contributed by atoms with Crippen molar-refractivity contribution >= 4 is 35.6 Å². The molecule has 21 heavy (non-hydrogen) atoms. The van der Waals surface area contributed by atoms with Gasteiger partial charge in [0.15, 0.2) is 0 Å². The number of halogens is 2. The van der Waals surface area contributed by atoms with Crippen LogP contribution < -0.4 is 20.7 Å². The molecular weight excluding hydrogens is 313 g/mol. The molecule has 2 unspecified atom stereocenters. The smallest absolute Gasteiger partial charge is 0.236 e. The minimum atomic E-state index is -0.482. The van der Waals surface area contributed by atoms with Gasteiger partial charge in [0.25, 0.3) is 0 Å². The second kappa shape index (κ2) is 7.73. The summed E-state index contributed by atoms with van der Waals surface area (Å²) in [6, 6.07) is 5.17. The van der Waals surface area contributed by atoms with E-state index in [0.29, 0.717) is 5.02 Å². The Hall–Kier alpha value is -1.17. The summed E-state index contributed by atoms with van der Waals surface area (Å²) in [4.78, 5) is 13.8. The van der Waals surface area contributed by atoms with E-state index in [0.717, 1.165) is 30.9 Å². The standard InChI is InChI=1S/C14H20ClN3O2.ClH/c1-9(16)14(19)17-11-5-6-18(8-11)12-7-10(15)3-4-13(12)20-2;/h3-4,7,9,11H,5-6,8,16H2,1-2H3,(H,17,19);1H. The van der Waals surface area contributed by atoms with Crippen molar-refractivity contribution in [2.75, 3.05) is 25.1 Å². The Morgan fingerprint density at radius 2 is 2.29 bits per heavy atom. The molecule has 1 aliphatic rings. The maximum Gasteiger partial charge on any atom is 0.236 e. The Bertz CT molecular complexity index is 497. The number of methoxy groups -OCH3 is 1. The van der Waals surface area contributed by atoms with Gasteiger partial charge in [-0.1, -0.05) is 11.6 Å². The second-order valence-corrected chi connectivity index (χ2v) is 5.48. The zero-order chi connectivity index (χ0) is 14.7. The van der Waals surface area contributed by atoms with Crippen molar-refractivity contribution in [1.82, 2.24) is 5.32 Å². The summed E-state index contributed by atoms with van der Waals surface area (Å²) in [6.07, 6.45) is 0.883. The molecule has 2 rings (SSSR count). The Labute approximate surface area is 136 Å². The van der Waals surface area contributed by atoms with E-state index in [4.69, 9.17) is 22.1 Å². The van der Waals surface area contributed by atoms with E-state index in [1.807, 2.05) is 12.1 Å². The Balaban J connectivity index is 0.00000220. The number of hydrogen-bond donors (Lipinski definition) is 2. The van der Waals surface area contributed by atoms with Crippen molar-refractivity contribution in [1.29, 1.82) is 0 Å². The summed E-state index contributed by atoms with van der Waals surface area (Å²) in [6.45, 7) is 3.26. The van der Waals surface area contributed by atoms with Crippen LogP contribution in [0.25, 0.3) is 0 Å². The third-order valence-corrected chi connectivity index (χ3v) is 3.66. The lowest BCUT2D eigenvalue weighted by molar-refractivity contribution is -0.122. The third-order valence-electron chi connectivity index (χ3n) is 3.43. The molecule has 2 atom stereocenters. The van der Waals surface area contributed by atoms with E-state index in [-0.39, 0.29) is 24.4 Å². The summed E-state index contributed by atoms with van der Waals surface area (Å²) in [5.41, 5.74) is 6.52. The highest BCUT2D eigenvalue weighted by molar-refractivity contribution is 6.30. The third kappa shape index (κ3) is 4.40. The van der Waals surface area contributed by atoms with Gasteiger partial charge in [0, 0.05) is 24.2 Å². The Morgan fingerprint density at radius 1 is 1.57 bits per heavy atom. The van der Waals surface area contributed by atoms with Gasteiger partial charge in [-0.2, -0.15) is 0 Å². The Morgan fingerprint density at radius 3 is 2.90 bits per heavy atom. The highest BCUT2D eigenvalue weighted by Crippen LogP contribution is 2.33. The maximum atomic E-state index is 11.6. The number of rotatable bonds is 4. The van der Waals surface area contributed by atoms with Crippen LogP contribution in [-0.4, -0.2) is 38.2 Å². The van der Waals surface area contributed by atoms with Crippen molar-refractivity contribution in [2.24, 2.45) is 5.73 Å². The molecule has 0 aliphatic carbocycles. The SMILES string of the molecule is COc1ccc(Cl)cc1N1CCC(NC(=O)C(C)N)C1.Cl. The molecule has 0 radical (unpaired) electrons. The van der Waals surface area contributed by atoms with E-state index < -0.39 is 6.04 Å². The number of carbonyl (C=O) groups is 1. The second-order valence-electron chi connectivity index (χ2n) is 5.05. The monoisotopic (exact) mass is 333 g/mol. The topological polar surface area (TPSA) is 67.6 Å². The summed E-state index contributed by atoms with van der Waals surface area (Å²) < 4.78 is 5.36. The van der Waals surface area contributed by atoms with Gasteiger partial charge in [-0.25, -0.2) is 0 Å². The van der Waals surface area contributed by atoms with Gasteiger partial charge < -0.3 is 20.7 Å². The van der Waals surface area contributed by atoms with E-state index >= 15 is 0 Å². The number of amides is 1. The van der Waals surface area contributed by atoms with Crippen LogP contribution in [0.1, 0.15) is 13.3 Å². The van der Waals surface area contributed by atoms with E-state index in [1.54, 1.807) is 20.1 Å². The van der Waals surface area contributed by atoms with Crippen LogP contribution in [0.4, 0.5) is 5.69 Å². The van der Waals surface area contributed by atoms with Crippen LogP contribution in [0.5, 0.6) is 5.75 Å². The van der Waals surface area contributed by atoms with Crippen molar-refractivity contribution in [3.8, 4) is 5.75 Å². The lowest BCUT2D eigenvalue weighted by Gasteiger charge is -2.22. The first-order valence-electron chi connectivity index (χ1n) is 6.65. The van der Waals surface area contributed by atoms with Crippen LogP contribution in [0.15, 0.2) is 18.2 Å². The van der Waals surface area contributed by atoms with E-state index in [2.05, 4.69) is 10.2 Å².